The van der Waals surface area contributed by atoms with E-state index in [9.17, 15) is 0 Å². The Labute approximate surface area is 158 Å². The Morgan fingerprint density at radius 3 is 1.89 bits per heavy atom. The highest BCUT2D eigenvalue weighted by Gasteiger charge is 2.13. The zero-order valence-corrected chi connectivity index (χ0v) is 16.0. The molecule has 0 aliphatic heterocycles. The van der Waals surface area contributed by atoms with Crippen LogP contribution in [-0.4, -0.2) is 33.6 Å². The van der Waals surface area contributed by atoms with E-state index >= 15 is 0 Å². The van der Waals surface area contributed by atoms with Gasteiger partial charge in [-0.1, -0.05) is 12.1 Å². The number of allylic oxidation sites excluding steroid dienone is 1. The van der Waals surface area contributed by atoms with E-state index in [1.54, 1.807) is 28.4 Å². The second-order valence-corrected chi connectivity index (χ2v) is 5.32. The van der Waals surface area contributed by atoms with Crippen molar-refractivity contribution < 1.29 is 24.2 Å². The molecule has 2 aromatic rings. The molecule has 0 unspecified atom stereocenters. The van der Waals surface area contributed by atoms with Crippen LogP contribution in [0, 0.1) is 4.91 Å². The molecule has 146 valence electrons. The summed E-state index contributed by atoms with van der Waals surface area (Å²) in [5.41, 5.74) is 9.56. The first kappa shape index (κ1) is 21.6. The van der Waals surface area contributed by atoms with Gasteiger partial charge in [-0.3, -0.25) is 0 Å². The molecule has 0 saturated carbocycles. The van der Waals surface area contributed by atoms with Crippen LogP contribution in [0.5, 0.6) is 23.0 Å². The van der Waals surface area contributed by atoms with E-state index in [0.29, 0.717) is 28.7 Å². The SMILES string of the molecule is COc1ccc(C=C(C)c2cc(OC)c(OC)c(OC)c2)cc1N.O=NO. The molecule has 0 bridgehead atoms. The third kappa shape index (κ3) is 5.53. The molecule has 0 spiro atoms. The first-order valence-corrected chi connectivity index (χ1v) is 7.84. The maximum Gasteiger partial charge on any atom is 0.203 e. The van der Waals surface area contributed by atoms with E-state index in [0.717, 1.165) is 16.7 Å². The summed E-state index contributed by atoms with van der Waals surface area (Å²) >= 11 is 0. The van der Waals surface area contributed by atoms with Gasteiger partial charge in [-0.15, -0.1) is 4.91 Å². The number of ether oxygens (including phenoxy) is 4. The van der Waals surface area contributed by atoms with Crippen molar-refractivity contribution in [2.45, 2.75) is 6.92 Å². The maximum absolute atomic E-state index is 8.11. The number of rotatable bonds is 6. The van der Waals surface area contributed by atoms with Gasteiger partial charge in [0, 0.05) is 0 Å². The minimum atomic E-state index is 0.574. The predicted molar refractivity (Wildman–Crippen MR) is 105 cm³/mol. The average Bonchev–Trinajstić information content (AvgIpc) is 2.67. The van der Waals surface area contributed by atoms with Crippen LogP contribution in [0.15, 0.2) is 35.7 Å². The van der Waals surface area contributed by atoms with Gasteiger partial charge in [0.25, 0.3) is 0 Å². The van der Waals surface area contributed by atoms with Crippen molar-refractivity contribution in [2.24, 2.45) is 5.34 Å². The molecule has 0 aliphatic rings. The van der Waals surface area contributed by atoms with Crippen molar-refractivity contribution in [2.75, 3.05) is 34.2 Å². The molecular formula is C19H24N2O6. The smallest absolute Gasteiger partial charge is 0.203 e. The normalized spacial score (nSPS) is 10.3. The molecule has 2 rings (SSSR count). The highest BCUT2D eigenvalue weighted by Crippen LogP contribution is 2.40. The topological polar surface area (TPSA) is 113 Å². The van der Waals surface area contributed by atoms with Gasteiger partial charge in [0.05, 0.1) is 34.1 Å². The molecule has 0 heterocycles. The van der Waals surface area contributed by atoms with Gasteiger partial charge in [0.15, 0.2) is 16.8 Å². The third-order valence-electron chi connectivity index (χ3n) is 3.76. The minimum absolute atomic E-state index is 0.574. The zero-order valence-electron chi connectivity index (χ0n) is 16.0. The maximum atomic E-state index is 8.11. The van der Waals surface area contributed by atoms with E-state index in [-0.39, 0.29) is 0 Å². The van der Waals surface area contributed by atoms with Crippen LogP contribution in [0.2, 0.25) is 0 Å². The number of nitrogen functional groups attached to an aromatic ring is 1. The molecule has 0 fully saturated rings. The Bertz CT molecular complexity index is 780. The molecular weight excluding hydrogens is 352 g/mol. The fraction of sp³-hybridized carbons (Fsp3) is 0.263. The van der Waals surface area contributed by atoms with Crippen LogP contribution in [-0.2, 0) is 0 Å². The Hall–Kier alpha value is -3.42. The highest BCUT2D eigenvalue weighted by molar-refractivity contribution is 5.83. The third-order valence-corrected chi connectivity index (χ3v) is 3.76. The number of benzene rings is 2. The lowest BCUT2D eigenvalue weighted by molar-refractivity contribution is 0.312. The minimum Gasteiger partial charge on any atom is -0.495 e. The van der Waals surface area contributed by atoms with E-state index in [2.05, 4.69) is 0 Å². The Kier molecular flexibility index (Phi) is 8.44. The number of methoxy groups -OCH3 is 4. The van der Waals surface area contributed by atoms with Crippen LogP contribution >= 0.6 is 0 Å². The van der Waals surface area contributed by atoms with Crippen LogP contribution in [0.1, 0.15) is 18.1 Å². The predicted octanol–water partition coefficient (Wildman–Crippen LogP) is 4.01. The fourth-order valence-electron chi connectivity index (χ4n) is 2.48. The summed E-state index contributed by atoms with van der Waals surface area (Å²) in [6.45, 7) is 2.01. The van der Waals surface area contributed by atoms with E-state index in [1.807, 2.05) is 43.3 Å². The summed E-state index contributed by atoms with van der Waals surface area (Å²) in [5.74, 6) is 2.48. The van der Waals surface area contributed by atoms with Crippen molar-refractivity contribution in [1.29, 1.82) is 0 Å². The molecule has 27 heavy (non-hydrogen) atoms. The summed E-state index contributed by atoms with van der Waals surface area (Å²) in [7, 11) is 6.39. The molecule has 8 nitrogen and oxygen atoms in total. The summed E-state index contributed by atoms with van der Waals surface area (Å²) < 4.78 is 21.3. The monoisotopic (exact) mass is 376 g/mol. The first-order valence-electron chi connectivity index (χ1n) is 7.84. The van der Waals surface area contributed by atoms with Crippen molar-refractivity contribution in [3.8, 4) is 23.0 Å². The molecule has 0 aromatic heterocycles. The van der Waals surface area contributed by atoms with Crippen LogP contribution in [0.4, 0.5) is 5.69 Å². The fourth-order valence-corrected chi connectivity index (χ4v) is 2.48. The van der Waals surface area contributed by atoms with Gasteiger partial charge in [0.2, 0.25) is 5.75 Å². The lowest BCUT2D eigenvalue weighted by Gasteiger charge is -2.14. The van der Waals surface area contributed by atoms with Crippen LogP contribution in [0.25, 0.3) is 11.6 Å². The summed E-state index contributed by atoms with van der Waals surface area (Å²) in [5, 5.41) is 7.89. The largest absolute Gasteiger partial charge is 0.495 e. The number of hydrogen-bond acceptors (Lipinski definition) is 7. The average molecular weight is 376 g/mol. The summed E-state index contributed by atoms with van der Waals surface area (Å²) in [6.07, 6.45) is 2.04. The summed E-state index contributed by atoms with van der Waals surface area (Å²) in [6, 6.07) is 9.51. The number of anilines is 1. The van der Waals surface area contributed by atoms with Crippen LogP contribution < -0.4 is 24.7 Å². The molecule has 0 aliphatic carbocycles. The lowest BCUT2D eigenvalue weighted by Crippen LogP contribution is -1.96. The Balaban J connectivity index is 0.00000114. The zero-order chi connectivity index (χ0) is 20.4. The molecule has 0 amide bonds. The molecule has 3 N–H and O–H groups in total. The van der Waals surface area contributed by atoms with Crippen molar-refractivity contribution in [1.82, 2.24) is 0 Å². The van der Waals surface area contributed by atoms with E-state index in [1.165, 1.54) is 5.34 Å². The first-order chi connectivity index (χ1) is 12.9. The van der Waals surface area contributed by atoms with Crippen molar-refractivity contribution >= 4 is 17.3 Å². The summed E-state index contributed by atoms with van der Waals surface area (Å²) in [4.78, 5) is 8.11. The Morgan fingerprint density at radius 2 is 1.48 bits per heavy atom. The second kappa shape index (κ2) is 10.5. The quantitative estimate of drug-likeness (QED) is 0.339. The van der Waals surface area contributed by atoms with E-state index < -0.39 is 0 Å². The molecule has 0 atom stereocenters. The standard InChI is InChI=1S/C19H23NO4.HNO2/c1-12(8-13-6-7-16(21-2)15(20)9-13)14-10-17(22-3)19(24-5)18(11-14)23-4;2-1-3/h6-11H,20H2,1-5H3;(H,2,3). The van der Waals surface area contributed by atoms with E-state index in [4.69, 9.17) is 34.8 Å². The number of nitrogens with zero attached hydrogens (tertiary/aromatic N) is 1. The molecule has 0 saturated heterocycles. The van der Waals surface area contributed by atoms with Gasteiger partial charge in [-0.2, -0.15) is 0 Å². The van der Waals surface area contributed by atoms with Gasteiger partial charge in [0.1, 0.15) is 5.75 Å². The van der Waals surface area contributed by atoms with Gasteiger partial charge < -0.3 is 29.9 Å². The van der Waals surface area contributed by atoms with Gasteiger partial charge in [-0.05, 0) is 47.9 Å². The van der Waals surface area contributed by atoms with Gasteiger partial charge in [-0.25, -0.2) is 0 Å². The van der Waals surface area contributed by atoms with Gasteiger partial charge >= 0.3 is 0 Å². The number of nitrogens with two attached hydrogens (primary N) is 1. The highest BCUT2D eigenvalue weighted by atomic mass is 16.6. The van der Waals surface area contributed by atoms with Crippen molar-refractivity contribution in [3.05, 3.63) is 46.4 Å². The van der Waals surface area contributed by atoms with Crippen molar-refractivity contribution in [3.63, 3.8) is 0 Å². The molecule has 2 aromatic carbocycles. The number of hydrogen-bond donors (Lipinski definition) is 2. The van der Waals surface area contributed by atoms with Crippen LogP contribution in [0.3, 0.4) is 0 Å². The Morgan fingerprint density at radius 1 is 0.963 bits per heavy atom. The molecule has 0 radical (unpaired) electrons. The lowest BCUT2D eigenvalue weighted by atomic mass is 10.0. The molecule has 8 heteroatoms. The second-order valence-electron chi connectivity index (χ2n) is 5.32.